The fourth-order valence-corrected chi connectivity index (χ4v) is 2.42. The zero-order valence-corrected chi connectivity index (χ0v) is 13.4. The predicted octanol–water partition coefficient (Wildman–Crippen LogP) is 2.40. The van der Waals surface area contributed by atoms with Crippen LogP contribution in [0.15, 0.2) is 12.3 Å². The van der Waals surface area contributed by atoms with E-state index in [0.717, 1.165) is 12.8 Å². The molecule has 1 amide bonds. The van der Waals surface area contributed by atoms with E-state index in [1.807, 2.05) is 4.90 Å². The highest BCUT2D eigenvalue weighted by atomic mass is 16.2. The van der Waals surface area contributed by atoms with E-state index in [-0.39, 0.29) is 18.0 Å². The number of pyridine rings is 1. The van der Waals surface area contributed by atoms with Crippen molar-refractivity contribution in [2.75, 3.05) is 0 Å². The van der Waals surface area contributed by atoms with Crippen molar-refractivity contribution in [1.29, 1.82) is 0 Å². The van der Waals surface area contributed by atoms with E-state index < -0.39 is 0 Å². The number of hydrogen-bond donors (Lipinski definition) is 0. The number of carbonyl (C=O) groups excluding carboxylic acids is 1. The minimum atomic E-state index is 0.0127. The summed E-state index contributed by atoms with van der Waals surface area (Å²) in [7, 11) is 1.79. The zero-order chi connectivity index (χ0) is 15.6. The lowest BCUT2D eigenvalue weighted by Crippen LogP contribution is -2.44. The van der Waals surface area contributed by atoms with Gasteiger partial charge in [-0.3, -0.25) is 4.79 Å². The van der Waals surface area contributed by atoms with Gasteiger partial charge in [-0.15, -0.1) is 5.10 Å². The Morgan fingerprint density at radius 2 is 1.90 bits per heavy atom. The van der Waals surface area contributed by atoms with Crippen LogP contribution in [0.25, 0.3) is 11.2 Å². The normalized spacial score (nSPS) is 14.1. The van der Waals surface area contributed by atoms with Crippen molar-refractivity contribution >= 4 is 17.1 Å². The van der Waals surface area contributed by atoms with Gasteiger partial charge in [-0.05, 0) is 32.8 Å². The predicted molar refractivity (Wildman–Crippen MR) is 82.0 cm³/mol. The number of amides is 1. The van der Waals surface area contributed by atoms with E-state index in [9.17, 15) is 4.79 Å². The van der Waals surface area contributed by atoms with Gasteiger partial charge in [0.25, 0.3) is 5.91 Å². The van der Waals surface area contributed by atoms with Crippen LogP contribution in [-0.2, 0) is 7.05 Å². The van der Waals surface area contributed by atoms with Gasteiger partial charge in [0.15, 0.2) is 5.65 Å². The zero-order valence-electron chi connectivity index (χ0n) is 13.4. The van der Waals surface area contributed by atoms with Crippen LogP contribution < -0.4 is 0 Å². The average molecular weight is 289 g/mol. The highest BCUT2D eigenvalue weighted by molar-refractivity contribution is 5.96. The average Bonchev–Trinajstić information content (AvgIpc) is 2.87. The maximum absolute atomic E-state index is 12.8. The molecule has 0 fully saturated rings. The van der Waals surface area contributed by atoms with Crippen molar-refractivity contribution < 1.29 is 4.79 Å². The first-order chi connectivity index (χ1) is 9.99. The number of rotatable bonds is 5. The molecule has 0 unspecified atom stereocenters. The third-order valence-electron chi connectivity index (χ3n) is 4.05. The second kappa shape index (κ2) is 6.20. The van der Waals surface area contributed by atoms with Crippen LogP contribution in [0.3, 0.4) is 0 Å². The quantitative estimate of drug-likeness (QED) is 0.848. The number of hydrogen-bond acceptors (Lipinski definition) is 4. The molecule has 0 saturated heterocycles. The minimum Gasteiger partial charge on any atom is -0.333 e. The summed E-state index contributed by atoms with van der Waals surface area (Å²) in [5, 5.41) is 7.95. The molecule has 0 spiro atoms. The molecule has 2 atom stereocenters. The van der Waals surface area contributed by atoms with Gasteiger partial charge in [0, 0.05) is 25.3 Å². The molecule has 0 bridgehead atoms. The van der Waals surface area contributed by atoms with Gasteiger partial charge >= 0.3 is 0 Å². The summed E-state index contributed by atoms with van der Waals surface area (Å²) in [6, 6.07) is 2.17. The fraction of sp³-hybridized carbons (Fsp3) is 0.600. The summed E-state index contributed by atoms with van der Waals surface area (Å²) in [5.74, 6) is 0.0127. The van der Waals surface area contributed by atoms with Crippen molar-refractivity contribution in [3.05, 3.63) is 17.8 Å². The molecule has 6 nitrogen and oxygen atoms in total. The molecule has 2 aromatic heterocycles. The maximum Gasteiger partial charge on any atom is 0.255 e. The van der Waals surface area contributed by atoms with Crippen LogP contribution in [0, 0.1) is 0 Å². The van der Waals surface area contributed by atoms with Crippen molar-refractivity contribution in [2.45, 2.75) is 52.6 Å². The Morgan fingerprint density at radius 3 is 2.48 bits per heavy atom. The van der Waals surface area contributed by atoms with E-state index in [0.29, 0.717) is 16.7 Å². The van der Waals surface area contributed by atoms with Gasteiger partial charge in [-0.2, -0.15) is 0 Å². The van der Waals surface area contributed by atoms with Crippen LogP contribution in [-0.4, -0.2) is 42.9 Å². The monoisotopic (exact) mass is 289 g/mol. The van der Waals surface area contributed by atoms with Gasteiger partial charge in [-0.25, -0.2) is 9.67 Å². The number of nitrogens with zero attached hydrogens (tertiary/aromatic N) is 5. The summed E-state index contributed by atoms with van der Waals surface area (Å²) >= 11 is 0. The summed E-state index contributed by atoms with van der Waals surface area (Å²) in [6.45, 7) is 8.35. The third kappa shape index (κ3) is 2.89. The molecule has 6 heteroatoms. The standard InChI is InChI=1S/C15H23N5O/c1-6-10(3)20(11(4)7-2)15(21)12-8-13-14(16-9-12)19(5)18-17-13/h8-11H,6-7H2,1-5H3/t10-,11+. The summed E-state index contributed by atoms with van der Waals surface area (Å²) in [5.41, 5.74) is 1.91. The van der Waals surface area contributed by atoms with Gasteiger partial charge in [0.05, 0.1) is 5.56 Å². The Hall–Kier alpha value is -1.98. The van der Waals surface area contributed by atoms with Crippen LogP contribution >= 0.6 is 0 Å². The van der Waals surface area contributed by atoms with Crippen LogP contribution in [0.5, 0.6) is 0 Å². The maximum atomic E-state index is 12.8. The second-order valence-electron chi connectivity index (χ2n) is 5.51. The van der Waals surface area contributed by atoms with Gasteiger partial charge in [0.1, 0.15) is 5.52 Å². The number of aromatic nitrogens is 4. The Morgan fingerprint density at radius 1 is 1.29 bits per heavy atom. The molecular weight excluding hydrogens is 266 g/mol. The van der Waals surface area contributed by atoms with Crippen molar-refractivity contribution in [3.63, 3.8) is 0 Å². The Kier molecular flexibility index (Phi) is 4.55. The molecule has 2 heterocycles. The highest BCUT2D eigenvalue weighted by Crippen LogP contribution is 2.18. The largest absolute Gasteiger partial charge is 0.333 e. The lowest BCUT2D eigenvalue weighted by molar-refractivity contribution is 0.0598. The van der Waals surface area contributed by atoms with Gasteiger partial charge in [-0.1, -0.05) is 19.1 Å². The highest BCUT2D eigenvalue weighted by Gasteiger charge is 2.25. The summed E-state index contributed by atoms with van der Waals surface area (Å²) in [4.78, 5) is 19.1. The van der Waals surface area contributed by atoms with Crippen LogP contribution in [0.1, 0.15) is 50.9 Å². The Labute approximate surface area is 125 Å². The molecule has 0 aliphatic heterocycles. The first-order valence-corrected chi connectivity index (χ1v) is 7.47. The molecule has 0 N–H and O–H groups in total. The molecule has 0 aromatic carbocycles. The van der Waals surface area contributed by atoms with Gasteiger partial charge in [0.2, 0.25) is 0 Å². The molecular formula is C15H23N5O. The molecule has 2 aromatic rings. The van der Waals surface area contributed by atoms with Crippen LogP contribution in [0.2, 0.25) is 0 Å². The van der Waals surface area contributed by atoms with Gasteiger partial charge < -0.3 is 4.90 Å². The number of carbonyl (C=O) groups is 1. The SMILES string of the molecule is CC[C@@H](C)N(C(=O)c1cnc2c(c1)nnn2C)[C@@H](C)CC. The Balaban J connectivity index is 2.37. The summed E-state index contributed by atoms with van der Waals surface area (Å²) < 4.78 is 1.60. The molecule has 0 saturated carbocycles. The summed E-state index contributed by atoms with van der Waals surface area (Å²) in [6.07, 6.45) is 3.47. The van der Waals surface area contributed by atoms with Crippen molar-refractivity contribution in [1.82, 2.24) is 24.9 Å². The van der Waals surface area contributed by atoms with Crippen LogP contribution in [0.4, 0.5) is 0 Å². The van der Waals surface area contributed by atoms with E-state index >= 15 is 0 Å². The second-order valence-corrected chi connectivity index (χ2v) is 5.51. The fourth-order valence-electron chi connectivity index (χ4n) is 2.42. The minimum absolute atomic E-state index is 0.0127. The Bertz CT molecular complexity index is 626. The lowest BCUT2D eigenvalue weighted by atomic mass is 10.1. The first kappa shape index (κ1) is 15.4. The van der Waals surface area contributed by atoms with E-state index in [2.05, 4.69) is 43.0 Å². The van der Waals surface area contributed by atoms with E-state index in [4.69, 9.17) is 0 Å². The smallest absolute Gasteiger partial charge is 0.255 e. The first-order valence-electron chi connectivity index (χ1n) is 7.47. The number of fused-ring (bicyclic) bond motifs is 1. The lowest BCUT2D eigenvalue weighted by Gasteiger charge is -2.34. The van der Waals surface area contributed by atoms with Crippen molar-refractivity contribution in [2.24, 2.45) is 7.05 Å². The van der Waals surface area contributed by atoms with Crippen molar-refractivity contribution in [3.8, 4) is 0 Å². The number of aryl methyl sites for hydroxylation is 1. The third-order valence-corrected chi connectivity index (χ3v) is 4.05. The molecule has 2 rings (SSSR count). The topological polar surface area (TPSA) is 63.9 Å². The molecule has 0 aliphatic carbocycles. The van der Waals surface area contributed by atoms with E-state index in [1.165, 1.54) is 0 Å². The van der Waals surface area contributed by atoms with E-state index in [1.54, 1.807) is 24.0 Å². The molecule has 21 heavy (non-hydrogen) atoms. The molecule has 0 radical (unpaired) electrons. The molecule has 114 valence electrons. The molecule has 0 aliphatic rings.